The highest BCUT2D eigenvalue weighted by Gasteiger charge is 2.10. The van der Waals surface area contributed by atoms with E-state index in [2.05, 4.69) is 10.3 Å². The van der Waals surface area contributed by atoms with E-state index in [0.717, 1.165) is 9.44 Å². The van der Waals surface area contributed by atoms with E-state index < -0.39 is 18.1 Å². The van der Waals surface area contributed by atoms with Crippen LogP contribution in [0.3, 0.4) is 0 Å². The number of carbonyl (C=O) groups excluding carboxylic acids is 1. The maximum atomic E-state index is 12.0. The second-order valence-electron chi connectivity index (χ2n) is 3.91. The number of fused-ring (bicyclic) bond motifs is 1. The molecule has 2 rings (SSSR count). The van der Waals surface area contributed by atoms with Gasteiger partial charge in [-0.15, -0.1) is 11.3 Å². The lowest BCUT2D eigenvalue weighted by atomic mass is 10.3. The Hall–Kier alpha value is -2.22. The van der Waals surface area contributed by atoms with Crippen LogP contribution in [-0.2, 0) is 22.7 Å². The van der Waals surface area contributed by atoms with E-state index in [4.69, 9.17) is 5.11 Å². The van der Waals surface area contributed by atoms with Gasteiger partial charge in [-0.05, 0) is 6.07 Å². The van der Waals surface area contributed by atoms with Crippen molar-refractivity contribution >= 4 is 33.4 Å². The first kappa shape index (κ1) is 13.2. The Balaban J connectivity index is 2.37. The van der Waals surface area contributed by atoms with Gasteiger partial charge in [0.1, 0.15) is 11.4 Å². The highest BCUT2D eigenvalue weighted by molar-refractivity contribution is 7.18. The molecule has 8 heteroatoms. The average Bonchev–Trinajstić information content (AvgIpc) is 2.74. The van der Waals surface area contributed by atoms with Crippen LogP contribution in [0.25, 0.3) is 10.2 Å². The van der Waals surface area contributed by atoms with Crippen LogP contribution >= 0.6 is 11.3 Å². The number of aromatic nitrogens is 2. The van der Waals surface area contributed by atoms with Gasteiger partial charge in [0, 0.05) is 11.8 Å². The summed E-state index contributed by atoms with van der Waals surface area (Å²) < 4.78 is 1.04. The molecule has 0 saturated heterocycles. The number of carboxylic acid groups (broad SMARTS) is 1. The minimum Gasteiger partial charge on any atom is -0.480 e. The molecule has 0 aliphatic rings. The lowest BCUT2D eigenvalue weighted by Crippen LogP contribution is -2.23. The quantitative estimate of drug-likeness (QED) is 0.832. The minimum atomic E-state index is -1.10. The van der Waals surface area contributed by atoms with Gasteiger partial charge in [-0.25, -0.2) is 4.98 Å². The van der Waals surface area contributed by atoms with Crippen LogP contribution in [0.15, 0.2) is 17.2 Å². The summed E-state index contributed by atoms with van der Waals surface area (Å²) in [5.74, 6) is -1.26. The molecule has 0 radical (unpaired) electrons. The Kier molecular flexibility index (Phi) is 3.61. The summed E-state index contributed by atoms with van der Waals surface area (Å²) in [6.07, 6.45) is 1.22. The van der Waals surface area contributed by atoms with Crippen LogP contribution in [0.5, 0.6) is 0 Å². The first-order valence-corrected chi connectivity index (χ1v) is 6.23. The number of thiophene rings is 1. The maximum Gasteiger partial charge on any atom is 0.323 e. The second-order valence-corrected chi connectivity index (χ2v) is 5.03. The van der Waals surface area contributed by atoms with Crippen molar-refractivity contribution in [1.29, 1.82) is 0 Å². The Labute approximate surface area is 111 Å². The molecule has 0 atom stereocenters. The third kappa shape index (κ3) is 2.97. The summed E-state index contributed by atoms with van der Waals surface area (Å²) in [6.45, 7) is 1.32. The molecule has 2 N–H and O–H groups in total. The van der Waals surface area contributed by atoms with E-state index in [1.54, 1.807) is 6.07 Å². The van der Waals surface area contributed by atoms with E-state index in [-0.39, 0.29) is 5.91 Å². The van der Waals surface area contributed by atoms with Gasteiger partial charge in [0.15, 0.2) is 0 Å². The summed E-state index contributed by atoms with van der Waals surface area (Å²) in [4.78, 5) is 38.8. The molecule has 0 aromatic carbocycles. The van der Waals surface area contributed by atoms with Crippen molar-refractivity contribution < 1.29 is 14.7 Å². The number of hydrogen-bond donors (Lipinski definition) is 2. The van der Waals surface area contributed by atoms with E-state index in [1.807, 2.05) is 0 Å². The number of amides is 1. The molecular formula is C11H11N3O4S. The molecule has 0 spiro atoms. The van der Waals surface area contributed by atoms with Gasteiger partial charge in [0.05, 0.1) is 18.3 Å². The SMILES string of the molecule is CC(=O)NCc1cc2c(=O)n(CC(=O)O)cnc2s1. The Bertz CT molecular complexity index is 704. The minimum absolute atomic E-state index is 0.159. The zero-order valence-corrected chi connectivity index (χ0v) is 10.9. The molecule has 2 heterocycles. The number of rotatable bonds is 4. The third-order valence-corrected chi connectivity index (χ3v) is 3.43. The zero-order chi connectivity index (χ0) is 14.0. The van der Waals surface area contributed by atoms with Crippen LogP contribution in [-0.4, -0.2) is 26.5 Å². The summed E-state index contributed by atoms with van der Waals surface area (Å²) in [5, 5.41) is 11.7. The molecule has 2 aromatic heterocycles. The van der Waals surface area contributed by atoms with Gasteiger partial charge < -0.3 is 10.4 Å². The fraction of sp³-hybridized carbons (Fsp3) is 0.273. The molecule has 0 unspecified atom stereocenters. The van der Waals surface area contributed by atoms with E-state index in [9.17, 15) is 14.4 Å². The van der Waals surface area contributed by atoms with Gasteiger partial charge in [0.25, 0.3) is 5.56 Å². The number of carboxylic acids is 1. The lowest BCUT2D eigenvalue weighted by molar-refractivity contribution is -0.137. The van der Waals surface area contributed by atoms with Gasteiger partial charge in [-0.1, -0.05) is 0 Å². The predicted molar refractivity (Wildman–Crippen MR) is 69.0 cm³/mol. The fourth-order valence-corrected chi connectivity index (χ4v) is 2.49. The van der Waals surface area contributed by atoms with Crippen molar-refractivity contribution in [3.63, 3.8) is 0 Å². The molecule has 0 fully saturated rings. The van der Waals surface area contributed by atoms with Crippen molar-refractivity contribution in [2.75, 3.05) is 0 Å². The highest BCUT2D eigenvalue weighted by atomic mass is 32.1. The molecule has 2 aromatic rings. The fourth-order valence-electron chi connectivity index (χ4n) is 1.57. The average molecular weight is 281 g/mol. The van der Waals surface area contributed by atoms with Crippen molar-refractivity contribution in [3.05, 3.63) is 27.6 Å². The van der Waals surface area contributed by atoms with Gasteiger partial charge >= 0.3 is 5.97 Å². The molecule has 1 amide bonds. The van der Waals surface area contributed by atoms with Crippen molar-refractivity contribution in [2.24, 2.45) is 0 Å². The maximum absolute atomic E-state index is 12.0. The molecule has 0 aliphatic heterocycles. The highest BCUT2D eigenvalue weighted by Crippen LogP contribution is 2.20. The largest absolute Gasteiger partial charge is 0.480 e. The van der Waals surface area contributed by atoms with E-state index >= 15 is 0 Å². The smallest absolute Gasteiger partial charge is 0.323 e. The van der Waals surface area contributed by atoms with E-state index in [1.165, 1.54) is 24.6 Å². The zero-order valence-electron chi connectivity index (χ0n) is 10.0. The van der Waals surface area contributed by atoms with Crippen LogP contribution in [0, 0.1) is 0 Å². The topological polar surface area (TPSA) is 101 Å². The van der Waals surface area contributed by atoms with Gasteiger partial charge in [0.2, 0.25) is 5.91 Å². The van der Waals surface area contributed by atoms with Gasteiger partial charge in [-0.3, -0.25) is 19.0 Å². The molecule has 0 aliphatic carbocycles. The van der Waals surface area contributed by atoms with E-state index in [0.29, 0.717) is 16.8 Å². The summed E-state index contributed by atoms with van der Waals surface area (Å²) in [5.41, 5.74) is -0.391. The van der Waals surface area contributed by atoms with Crippen molar-refractivity contribution in [3.8, 4) is 0 Å². The molecule has 100 valence electrons. The summed E-state index contributed by atoms with van der Waals surface area (Å²) >= 11 is 1.29. The first-order valence-electron chi connectivity index (χ1n) is 5.41. The number of aliphatic carboxylic acids is 1. The number of carbonyl (C=O) groups is 2. The first-order chi connectivity index (χ1) is 8.97. The van der Waals surface area contributed by atoms with Crippen LogP contribution in [0.1, 0.15) is 11.8 Å². The second kappa shape index (κ2) is 5.19. The molecule has 19 heavy (non-hydrogen) atoms. The standard InChI is InChI=1S/C11H11N3O4S/c1-6(15)12-3-7-2-8-10(19-7)13-5-14(11(8)18)4-9(16)17/h2,5H,3-4H2,1H3,(H,12,15)(H,16,17). The monoisotopic (exact) mass is 281 g/mol. The Morgan fingerprint density at radius 3 is 2.89 bits per heavy atom. The van der Waals surface area contributed by atoms with Crippen molar-refractivity contribution in [1.82, 2.24) is 14.9 Å². The number of nitrogens with zero attached hydrogens (tertiary/aromatic N) is 2. The van der Waals surface area contributed by atoms with Crippen LogP contribution in [0.2, 0.25) is 0 Å². The molecule has 0 saturated carbocycles. The number of nitrogens with one attached hydrogen (secondary N) is 1. The Morgan fingerprint density at radius 1 is 1.53 bits per heavy atom. The molecule has 0 bridgehead atoms. The van der Waals surface area contributed by atoms with Crippen LogP contribution in [0.4, 0.5) is 0 Å². The van der Waals surface area contributed by atoms with Crippen molar-refractivity contribution in [2.45, 2.75) is 20.0 Å². The predicted octanol–water partition coefficient (Wildman–Crippen LogP) is 0.179. The normalized spacial score (nSPS) is 10.6. The number of hydrogen-bond acceptors (Lipinski definition) is 5. The third-order valence-electron chi connectivity index (χ3n) is 2.39. The Morgan fingerprint density at radius 2 is 2.26 bits per heavy atom. The summed E-state index contributed by atoms with van der Waals surface area (Å²) in [6, 6.07) is 1.63. The van der Waals surface area contributed by atoms with Gasteiger partial charge in [-0.2, -0.15) is 0 Å². The van der Waals surface area contributed by atoms with Crippen LogP contribution < -0.4 is 10.9 Å². The molecule has 7 nitrogen and oxygen atoms in total. The molecular weight excluding hydrogens is 270 g/mol. The lowest BCUT2D eigenvalue weighted by Gasteiger charge is -1.99. The summed E-state index contributed by atoms with van der Waals surface area (Å²) in [7, 11) is 0.